The van der Waals surface area contributed by atoms with Crippen molar-refractivity contribution in [3.63, 3.8) is 0 Å². The molecule has 23 heavy (non-hydrogen) atoms. The summed E-state index contributed by atoms with van der Waals surface area (Å²) in [6.45, 7) is 1.85. The number of carbonyl (C=O) groups is 1. The maximum Gasteiger partial charge on any atom is 0.264 e. The van der Waals surface area contributed by atoms with Gasteiger partial charge in [-0.25, -0.2) is 13.1 Å². The van der Waals surface area contributed by atoms with Crippen LogP contribution in [0.5, 0.6) is 0 Å². The fourth-order valence-electron chi connectivity index (χ4n) is 2.04. The Labute approximate surface area is 141 Å². The maximum absolute atomic E-state index is 12.1. The van der Waals surface area contributed by atoms with Crippen LogP contribution in [-0.4, -0.2) is 19.7 Å². The van der Waals surface area contributed by atoms with Gasteiger partial charge < -0.3 is 0 Å². The van der Waals surface area contributed by atoms with Crippen molar-refractivity contribution in [1.29, 1.82) is 0 Å². The van der Waals surface area contributed by atoms with Crippen molar-refractivity contribution in [2.24, 2.45) is 0 Å². The first-order chi connectivity index (χ1) is 10.9. The predicted octanol–water partition coefficient (Wildman–Crippen LogP) is 3.04. The Morgan fingerprint density at radius 3 is 2.30 bits per heavy atom. The molecule has 1 N–H and O–H groups in total. The molecule has 1 amide bonds. The van der Waals surface area contributed by atoms with E-state index < -0.39 is 21.3 Å². The Morgan fingerprint density at radius 2 is 1.70 bits per heavy atom. The zero-order chi connectivity index (χ0) is 16.9. The number of aryl methyl sites for hydroxylation is 2. The molecule has 0 radical (unpaired) electrons. The monoisotopic (exact) mass is 351 g/mol. The SMILES string of the molecule is Cc1ccc(S(=O)(=O)NC(=O)C(Cl)CCc2ccccc2)cc1. The van der Waals surface area contributed by atoms with E-state index in [1.807, 2.05) is 42.0 Å². The summed E-state index contributed by atoms with van der Waals surface area (Å²) in [4.78, 5) is 12.0. The van der Waals surface area contributed by atoms with Crippen molar-refractivity contribution in [2.45, 2.75) is 30.0 Å². The summed E-state index contributed by atoms with van der Waals surface area (Å²) in [5, 5.41) is -0.907. The molecule has 0 spiro atoms. The molecule has 1 unspecified atom stereocenters. The number of nitrogens with one attached hydrogen (secondary N) is 1. The van der Waals surface area contributed by atoms with Gasteiger partial charge in [0.1, 0.15) is 5.38 Å². The normalized spacial score (nSPS) is 12.6. The molecule has 0 aliphatic heterocycles. The van der Waals surface area contributed by atoms with E-state index in [1.54, 1.807) is 12.1 Å². The number of rotatable bonds is 6. The number of benzene rings is 2. The predicted molar refractivity (Wildman–Crippen MR) is 90.9 cm³/mol. The van der Waals surface area contributed by atoms with E-state index in [2.05, 4.69) is 0 Å². The number of carbonyl (C=O) groups excluding carboxylic acids is 1. The summed E-state index contributed by atoms with van der Waals surface area (Å²) in [6.07, 6.45) is 0.966. The van der Waals surface area contributed by atoms with E-state index in [1.165, 1.54) is 12.1 Å². The van der Waals surface area contributed by atoms with Crippen LogP contribution in [0.4, 0.5) is 0 Å². The summed E-state index contributed by atoms with van der Waals surface area (Å²) in [5.74, 6) is -0.705. The Hall–Kier alpha value is -1.85. The first-order valence-electron chi connectivity index (χ1n) is 7.20. The number of hydrogen-bond acceptors (Lipinski definition) is 3. The van der Waals surface area contributed by atoms with Crippen LogP contribution in [0.3, 0.4) is 0 Å². The molecule has 6 heteroatoms. The molecule has 0 saturated carbocycles. The third kappa shape index (κ3) is 5.08. The number of sulfonamides is 1. The zero-order valence-electron chi connectivity index (χ0n) is 12.7. The molecular formula is C17H18ClNO3S. The number of amides is 1. The average molecular weight is 352 g/mol. The first kappa shape index (κ1) is 17.5. The minimum Gasteiger partial charge on any atom is -0.272 e. The minimum atomic E-state index is -3.89. The minimum absolute atomic E-state index is 0.0448. The standard InChI is InChI=1S/C17H18ClNO3S/c1-13-7-10-15(11-8-13)23(21,22)19-17(20)16(18)12-9-14-5-3-2-4-6-14/h2-8,10-11,16H,9,12H2,1H3,(H,19,20). The average Bonchev–Trinajstić information content (AvgIpc) is 2.53. The van der Waals surface area contributed by atoms with Crippen molar-refractivity contribution < 1.29 is 13.2 Å². The van der Waals surface area contributed by atoms with Crippen LogP contribution < -0.4 is 4.72 Å². The lowest BCUT2D eigenvalue weighted by molar-refractivity contribution is -0.119. The highest BCUT2D eigenvalue weighted by molar-refractivity contribution is 7.90. The molecule has 0 fully saturated rings. The van der Waals surface area contributed by atoms with Gasteiger partial charge in [-0.3, -0.25) is 4.79 Å². The van der Waals surface area contributed by atoms with Gasteiger partial charge in [0.05, 0.1) is 4.90 Å². The summed E-state index contributed by atoms with van der Waals surface area (Å²) >= 11 is 6.02. The number of alkyl halides is 1. The van der Waals surface area contributed by atoms with Gasteiger partial charge in [-0.05, 0) is 37.5 Å². The molecule has 2 aromatic carbocycles. The summed E-state index contributed by atoms with van der Waals surface area (Å²) in [5.41, 5.74) is 1.99. The lowest BCUT2D eigenvalue weighted by atomic mass is 10.1. The number of halogens is 1. The summed E-state index contributed by atoms with van der Waals surface area (Å²) in [6, 6.07) is 15.8. The molecule has 1 atom stereocenters. The molecular weight excluding hydrogens is 334 g/mol. The quantitative estimate of drug-likeness (QED) is 0.813. The smallest absolute Gasteiger partial charge is 0.264 e. The van der Waals surface area contributed by atoms with E-state index in [0.717, 1.165) is 11.1 Å². The second-order valence-electron chi connectivity index (χ2n) is 5.27. The number of hydrogen-bond donors (Lipinski definition) is 1. The molecule has 0 saturated heterocycles. The molecule has 4 nitrogen and oxygen atoms in total. The van der Waals surface area contributed by atoms with Gasteiger partial charge in [0.25, 0.3) is 15.9 Å². The molecule has 0 bridgehead atoms. The van der Waals surface area contributed by atoms with Gasteiger partial charge in [-0.1, -0.05) is 48.0 Å². The van der Waals surface area contributed by atoms with Crippen molar-refractivity contribution in [2.75, 3.05) is 0 Å². The molecule has 2 aromatic rings. The molecule has 0 aliphatic rings. The van der Waals surface area contributed by atoms with Gasteiger partial charge in [0.2, 0.25) is 0 Å². The van der Waals surface area contributed by atoms with Gasteiger partial charge >= 0.3 is 0 Å². The molecule has 0 aromatic heterocycles. The fourth-order valence-corrected chi connectivity index (χ4v) is 3.29. The van der Waals surface area contributed by atoms with Gasteiger partial charge in [-0.2, -0.15) is 0 Å². The van der Waals surface area contributed by atoms with E-state index in [9.17, 15) is 13.2 Å². The highest BCUT2D eigenvalue weighted by Gasteiger charge is 2.22. The Kier molecular flexibility index (Phi) is 5.80. The highest BCUT2D eigenvalue weighted by atomic mass is 35.5. The van der Waals surface area contributed by atoms with E-state index in [4.69, 9.17) is 11.6 Å². The van der Waals surface area contributed by atoms with Crippen LogP contribution in [0.25, 0.3) is 0 Å². The first-order valence-corrected chi connectivity index (χ1v) is 9.12. The van der Waals surface area contributed by atoms with Crippen LogP contribution in [0.2, 0.25) is 0 Å². The van der Waals surface area contributed by atoms with Crippen molar-refractivity contribution in [1.82, 2.24) is 4.72 Å². The Balaban J connectivity index is 1.96. The molecule has 0 heterocycles. The third-order valence-corrected chi connectivity index (χ3v) is 5.16. The second kappa shape index (κ2) is 7.62. The molecule has 0 aliphatic carbocycles. The molecule has 122 valence electrons. The Morgan fingerprint density at radius 1 is 1.09 bits per heavy atom. The van der Waals surface area contributed by atoms with Crippen LogP contribution in [0.15, 0.2) is 59.5 Å². The van der Waals surface area contributed by atoms with E-state index in [-0.39, 0.29) is 4.90 Å². The van der Waals surface area contributed by atoms with Crippen molar-refractivity contribution in [3.05, 3.63) is 65.7 Å². The Bertz CT molecular complexity index is 758. The summed E-state index contributed by atoms with van der Waals surface area (Å²) in [7, 11) is -3.89. The lowest BCUT2D eigenvalue weighted by Crippen LogP contribution is -2.36. The van der Waals surface area contributed by atoms with E-state index in [0.29, 0.717) is 12.8 Å². The van der Waals surface area contributed by atoms with Gasteiger partial charge in [0.15, 0.2) is 0 Å². The van der Waals surface area contributed by atoms with Crippen LogP contribution in [-0.2, 0) is 21.2 Å². The van der Waals surface area contributed by atoms with Crippen molar-refractivity contribution >= 4 is 27.5 Å². The van der Waals surface area contributed by atoms with E-state index >= 15 is 0 Å². The summed E-state index contributed by atoms with van der Waals surface area (Å²) < 4.78 is 26.3. The second-order valence-corrected chi connectivity index (χ2v) is 7.48. The van der Waals surface area contributed by atoms with Crippen LogP contribution >= 0.6 is 11.6 Å². The van der Waals surface area contributed by atoms with Crippen molar-refractivity contribution in [3.8, 4) is 0 Å². The third-order valence-electron chi connectivity index (χ3n) is 3.38. The fraction of sp³-hybridized carbons (Fsp3) is 0.235. The highest BCUT2D eigenvalue weighted by Crippen LogP contribution is 2.13. The lowest BCUT2D eigenvalue weighted by Gasteiger charge is -2.11. The maximum atomic E-state index is 12.1. The van der Waals surface area contributed by atoms with Gasteiger partial charge in [0, 0.05) is 0 Å². The molecule has 2 rings (SSSR count). The van der Waals surface area contributed by atoms with Crippen LogP contribution in [0, 0.1) is 6.92 Å². The van der Waals surface area contributed by atoms with Gasteiger partial charge in [-0.15, -0.1) is 11.6 Å². The largest absolute Gasteiger partial charge is 0.272 e. The zero-order valence-corrected chi connectivity index (χ0v) is 14.3. The topological polar surface area (TPSA) is 63.2 Å². The van der Waals surface area contributed by atoms with Crippen LogP contribution in [0.1, 0.15) is 17.5 Å².